The number of piperazine rings is 1. The molecule has 0 saturated carbocycles. The van der Waals surface area contributed by atoms with Gasteiger partial charge in [0.15, 0.2) is 0 Å². The Balaban J connectivity index is 1.37. The zero-order valence-corrected chi connectivity index (χ0v) is 13.2. The fourth-order valence-electron chi connectivity index (χ4n) is 4.15. The fraction of sp³-hybridized carbons (Fsp3) is 1.00. The summed E-state index contributed by atoms with van der Waals surface area (Å²) in [4.78, 5) is 8.07. The van der Waals surface area contributed by atoms with Gasteiger partial charge in [-0.25, -0.2) is 0 Å². The lowest BCUT2D eigenvalue weighted by Gasteiger charge is -2.43. The van der Waals surface area contributed by atoms with Gasteiger partial charge in [-0.15, -0.1) is 0 Å². The van der Waals surface area contributed by atoms with Crippen molar-refractivity contribution < 1.29 is 0 Å². The van der Waals surface area contributed by atoms with Crippen molar-refractivity contribution in [3.63, 3.8) is 0 Å². The highest BCUT2D eigenvalue weighted by Gasteiger charge is 2.28. The molecule has 3 heterocycles. The topological polar surface area (TPSA) is 21.8 Å². The average Bonchev–Trinajstić information content (AvgIpc) is 3.01. The van der Waals surface area contributed by atoms with Crippen LogP contribution in [0.1, 0.15) is 26.2 Å². The summed E-state index contributed by atoms with van der Waals surface area (Å²) in [5.74, 6) is 0.911. The van der Waals surface area contributed by atoms with Crippen LogP contribution < -0.4 is 5.32 Å². The van der Waals surface area contributed by atoms with Crippen LogP contribution in [-0.2, 0) is 0 Å². The largest absolute Gasteiger partial charge is 0.316 e. The molecule has 0 aromatic rings. The Kier molecular flexibility index (Phi) is 5.32. The van der Waals surface area contributed by atoms with E-state index in [1.165, 1.54) is 84.7 Å². The smallest absolute Gasteiger partial charge is 0.0121 e. The second-order valence-electron chi connectivity index (χ2n) is 6.86. The zero-order chi connectivity index (χ0) is 13.8. The van der Waals surface area contributed by atoms with E-state index in [1.807, 2.05) is 0 Å². The molecule has 1 unspecified atom stereocenters. The molecule has 1 N–H and O–H groups in total. The van der Waals surface area contributed by atoms with Crippen LogP contribution in [0.15, 0.2) is 0 Å². The zero-order valence-electron chi connectivity index (χ0n) is 13.2. The highest BCUT2D eigenvalue weighted by Crippen LogP contribution is 2.19. The summed E-state index contributed by atoms with van der Waals surface area (Å²) >= 11 is 0. The molecule has 0 radical (unpaired) electrons. The summed E-state index contributed by atoms with van der Waals surface area (Å²) in [5.41, 5.74) is 0. The quantitative estimate of drug-likeness (QED) is 0.818. The maximum atomic E-state index is 3.49. The second-order valence-corrected chi connectivity index (χ2v) is 6.86. The molecule has 3 aliphatic heterocycles. The molecule has 3 saturated heterocycles. The molecule has 4 heteroatoms. The van der Waals surface area contributed by atoms with Crippen molar-refractivity contribution in [3.8, 4) is 0 Å². The Morgan fingerprint density at radius 2 is 1.65 bits per heavy atom. The van der Waals surface area contributed by atoms with Gasteiger partial charge in [0.25, 0.3) is 0 Å². The van der Waals surface area contributed by atoms with Gasteiger partial charge in [-0.3, -0.25) is 4.90 Å². The number of nitrogens with zero attached hydrogens (tertiary/aromatic N) is 3. The summed E-state index contributed by atoms with van der Waals surface area (Å²) < 4.78 is 0. The van der Waals surface area contributed by atoms with Gasteiger partial charge in [-0.1, -0.05) is 6.92 Å². The predicted octanol–water partition coefficient (Wildman–Crippen LogP) is 0.698. The van der Waals surface area contributed by atoms with E-state index in [2.05, 4.69) is 26.9 Å². The van der Waals surface area contributed by atoms with Crippen molar-refractivity contribution in [2.75, 3.05) is 65.4 Å². The number of piperidine rings is 1. The van der Waals surface area contributed by atoms with E-state index in [0.717, 1.165) is 12.0 Å². The number of hydrogen-bond donors (Lipinski definition) is 1. The highest BCUT2D eigenvalue weighted by atomic mass is 15.3. The lowest BCUT2D eigenvalue weighted by atomic mass is 10.0. The number of rotatable bonds is 4. The molecule has 20 heavy (non-hydrogen) atoms. The van der Waals surface area contributed by atoms with E-state index in [9.17, 15) is 0 Å². The van der Waals surface area contributed by atoms with Crippen molar-refractivity contribution in [3.05, 3.63) is 0 Å². The minimum absolute atomic E-state index is 0.869. The predicted molar refractivity (Wildman–Crippen MR) is 84.1 cm³/mol. The lowest BCUT2D eigenvalue weighted by Crippen LogP contribution is -2.53. The fourth-order valence-corrected chi connectivity index (χ4v) is 4.15. The van der Waals surface area contributed by atoms with E-state index in [0.29, 0.717) is 0 Å². The van der Waals surface area contributed by atoms with Crippen LogP contribution in [0.4, 0.5) is 0 Å². The molecule has 0 amide bonds. The lowest BCUT2D eigenvalue weighted by molar-refractivity contribution is 0.0557. The molecule has 0 aromatic heterocycles. The van der Waals surface area contributed by atoms with Crippen molar-refractivity contribution >= 4 is 0 Å². The van der Waals surface area contributed by atoms with Gasteiger partial charge in [0.2, 0.25) is 0 Å². The first-order valence-electron chi connectivity index (χ1n) is 8.74. The van der Waals surface area contributed by atoms with Crippen molar-refractivity contribution in [1.29, 1.82) is 0 Å². The van der Waals surface area contributed by atoms with Gasteiger partial charge in [0.1, 0.15) is 0 Å². The summed E-state index contributed by atoms with van der Waals surface area (Å²) in [6, 6.07) is 0.869. The van der Waals surface area contributed by atoms with Gasteiger partial charge in [-0.05, 0) is 57.9 Å². The van der Waals surface area contributed by atoms with E-state index >= 15 is 0 Å². The number of likely N-dealkylation sites (tertiary alicyclic amines) is 1. The maximum Gasteiger partial charge on any atom is 0.0121 e. The molecule has 4 nitrogen and oxygen atoms in total. The Hall–Kier alpha value is -0.160. The molecule has 3 aliphatic rings. The molecule has 0 aromatic carbocycles. The van der Waals surface area contributed by atoms with E-state index in [1.54, 1.807) is 0 Å². The first-order chi connectivity index (χ1) is 9.85. The average molecular weight is 280 g/mol. The van der Waals surface area contributed by atoms with Crippen LogP contribution in [0.5, 0.6) is 0 Å². The Bertz CT molecular complexity index is 274. The highest BCUT2D eigenvalue weighted by molar-refractivity contribution is 4.84. The van der Waals surface area contributed by atoms with Gasteiger partial charge >= 0.3 is 0 Å². The molecule has 3 fully saturated rings. The first-order valence-corrected chi connectivity index (χ1v) is 8.74. The van der Waals surface area contributed by atoms with Crippen LogP contribution in [0.3, 0.4) is 0 Å². The van der Waals surface area contributed by atoms with Crippen molar-refractivity contribution in [1.82, 2.24) is 20.0 Å². The number of nitrogens with one attached hydrogen (secondary N) is 1. The van der Waals surface area contributed by atoms with Gasteiger partial charge < -0.3 is 15.1 Å². The molecule has 0 bridgehead atoms. The molecule has 3 rings (SSSR count). The third-order valence-electron chi connectivity index (χ3n) is 5.61. The minimum Gasteiger partial charge on any atom is -0.316 e. The van der Waals surface area contributed by atoms with Crippen LogP contribution >= 0.6 is 0 Å². The standard InChI is InChI=1S/C16H32N4/c1-2-18-7-4-16(5-8-18)20-11-9-19(10-12-20)14-15-3-6-17-13-15/h15-17H,2-14H2,1H3. The van der Waals surface area contributed by atoms with E-state index in [4.69, 9.17) is 0 Å². The van der Waals surface area contributed by atoms with E-state index < -0.39 is 0 Å². The van der Waals surface area contributed by atoms with Gasteiger partial charge in [0, 0.05) is 38.8 Å². The summed E-state index contributed by atoms with van der Waals surface area (Å²) in [6.07, 6.45) is 4.16. The van der Waals surface area contributed by atoms with Gasteiger partial charge in [0.05, 0.1) is 0 Å². The summed E-state index contributed by atoms with van der Waals surface area (Å²) in [7, 11) is 0. The summed E-state index contributed by atoms with van der Waals surface area (Å²) in [6.45, 7) is 15.2. The monoisotopic (exact) mass is 280 g/mol. The molecule has 0 aliphatic carbocycles. The molecule has 116 valence electrons. The van der Waals surface area contributed by atoms with Gasteiger partial charge in [-0.2, -0.15) is 0 Å². The molecular formula is C16H32N4. The van der Waals surface area contributed by atoms with Crippen LogP contribution in [-0.4, -0.2) is 86.2 Å². The third kappa shape index (κ3) is 3.73. The molecule has 1 atom stereocenters. The molecular weight excluding hydrogens is 248 g/mol. The molecule has 0 spiro atoms. The Morgan fingerprint density at radius 3 is 2.25 bits per heavy atom. The van der Waals surface area contributed by atoms with Crippen LogP contribution in [0.2, 0.25) is 0 Å². The van der Waals surface area contributed by atoms with Crippen molar-refractivity contribution in [2.24, 2.45) is 5.92 Å². The van der Waals surface area contributed by atoms with Crippen LogP contribution in [0, 0.1) is 5.92 Å². The Labute approximate surface area is 124 Å². The third-order valence-corrected chi connectivity index (χ3v) is 5.61. The summed E-state index contributed by atoms with van der Waals surface area (Å²) in [5, 5.41) is 3.49. The first kappa shape index (κ1) is 14.8. The maximum absolute atomic E-state index is 3.49. The minimum atomic E-state index is 0.869. The SMILES string of the molecule is CCN1CCC(N2CCN(CC3CCNC3)CC2)CC1. The Morgan fingerprint density at radius 1 is 0.900 bits per heavy atom. The van der Waals surface area contributed by atoms with E-state index in [-0.39, 0.29) is 0 Å². The second kappa shape index (κ2) is 7.21. The number of hydrogen-bond acceptors (Lipinski definition) is 4. The van der Waals surface area contributed by atoms with Crippen molar-refractivity contribution in [2.45, 2.75) is 32.2 Å². The normalized spacial score (nSPS) is 31.9. The van der Waals surface area contributed by atoms with Crippen LogP contribution in [0.25, 0.3) is 0 Å².